The molecule has 0 saturated carbocycles. The highest BCUT2D eigenvalue weighted by molar-refractivity contribution is 7.89. The quantitative estimate of drug-likeness (QED) is 0.804. The van der Waals surface area contributed by atoms with Crippen molar-refractivity contribution in [2.75, 3.05) is 26.2 Å². The van der Waals surface area contributed by atoms with Gasteiger partial charge < -0.3 is 10.0 Å². The minimum Gasteiger partial charge on any atom is -0.396 e. The summed E-state index contributed by atoms with van der Waals surface area (Å²) in [4.78, 5) is 13.8. The third-order valence-electron chi connectivity index (χ3n) is 3.25. The van der Waals surface area contributed by atoms with Gasteiger partial charge in [-0.2, -0.15) is 0 Å². The van der Waals surface area contributed by atoms with Crippen LogP contribution in [0.5, 0.6) is 0 Å². The molecule has 1 saturated heterocycles. The molecule has 1 aliphatic heterocycles. The smallest absolute Gasteiger partial charge is 0.253 e. The zero-order valence-corrected chi connectivity index (χ0v) is 12.1. The number of hydrogen-bond donors (Lipinski definition) is 2. The zero-order valence-electron chi connectivity index (χ0n) is 11.2. The maximum Gasteiger partial charge on any atom is 0.253 e. The molecule has 0 radical (unpaired) electrons. The SMILES string of the molecule is CCNS(=O)(=O)c1ccc(C(=O)N2CC(CO)C2)cc1. The number of carbonyl (C=O) groups excluding carboxylic acids is 1. The molecule has 2 N–H and O–H groups in total. The van der Waals surface area contributed by atoms with E-state index in [4.69, 9.17) is 5.11 Å². The molecule has 20 heavy (non-hydrogen) atoms. The molecule has 1 amide bonds. The number of aliphatic hydroxyl groups excluding tert-OH is 1. The molecular weight excluding hydrogens is 280 g/mol. The van der Waals surface area contributed by atoms with Crippen molar-refractivity contribution in [2.24, 2.45) is 5.92 Å². The monoisotopic (exact) mass is 298 g/mol. The summed E-state index contributed by atoms with van der Waals surface area (Å²) in [5, 5.41) is 8.92. The van der Waals surface area contributed by atoms with E-state index in [1.807, 2.05) is 0 Å². The lowest BCUT2D eigenvalue weighted by molar-refractivity contribution is 0.0362. The van der Waals surface area contributed by atoms with Crippen LogP contribution in [0.25, 0.3) is 0 Å². The lowest BCUT2D eigenvalue weighted by atomic mass is 10.00. The van der Waals surface area contributed by atoms with Crippen LogP contribution in [0, 0.1) is 5.92 Å². The summed E-state index contributed by atoms with van der Waals surface area (Å²) < 4.78 is 25.9. The topological polar surface area (TPSA) is 86.7 Å². The van der Waals surface area contributed by atoms with Crippen molar-refractivity contribution in [3.63, 3.8) is 0 Å². The molecule has 6 nitrogen and oxygen atoms in total. The van der Waals surface area contributed by atoms with Gasteiger partial charge in [0.05, 0.1) is 4.90 Å². The third kappa shape index (κ3) is 3.00. The number of aliphatic hydroxyl groups is 1. The first-order valence-electron chi connectivity index (χ1n) is 6.47. The van der Waals surface area contributed by atoms with Crippen molar-refractivity contribution in [1.82, 2.24) is 9.62 Å². The molecule has 1 aliphatic rings. The van der Waals surface area contributed by atoms with E-state index in [1.165, 1.54) is 24.3 Å². The van der Waals surface area contributed by atoms with E-state index in [9.17, 15) is 13.2 Å². The minimum atomic E-state index is -3.49. The fraction of sp³-hybridized carbons (Fsp3) is 0.462. The zero-order chi connectivity index (χ0) is 14.8. The Labute approximate surface area is 118 Å². The van der Waals surface area contributed by atoms with Gasteiger partial charge in [0.15, 0.2) is 0 Å². The highest BCUT2D eigenvalue weighted by Crippen LogP contribution is 2.19. The van der Waals surface area contributed by atoms with Crippen molar-refractivity contribution >= 4 is 15.9 Å². The Hall–Kier alpha value is -1.44. The Morgan fingerprint density at radius 1 is 1.35 bits per heavy atom. The summed E-state index contributed by atoms with van der Waals surface area (Å²) in [6, 6.07) is 5.88. The molecule has 1 aromatic rings. The lowest BCUT2D eigenvalue weighted by Crippen LogP contribution is -2.51. The summed E-state index contributed by atoms with van der Waals surface area (Å²) in [5.74, 6) is 0.0226. The summed E-state index contributed by atoms with van der Waals surface area (Å²) in [7, 11) is -3.49. The maximum absolute atomic E-state index is 12.1. The molecule has 110 valence electrons. The second kappa shape index (κ2) is 5.90. The minimum absolute atomic E-state index is 0.0870. The summed E-state index contributed by atoms with van der Waals surface area (Å²) in [6.07, 6.45) is 0. The summed E-state index contributed by atoms with van der Waals surface area (Å²) in [5.41, 5.74) is 0.455. The second-order valence-corrected chi connectivity index (χ2v) is 6.55. The molecule has 0 spiro atoms. The fourth-order valence-electron chi connectivity index (χ4n) is 2.08. The normalized spacial score (nSPS) is 16.0. The van der Waals surface area contributed by atoms with Crippen LogP contribution < -0.4 is 4.72 Å². The molecular formula is C13H18N2O4S. The van der Waals surface area contributed by atoms with Gasteiger partial charge in [0, 0.05) is 37.7 Å². The van der Waals surface area contributed by atoms with Crippen LogP contribution in [0.2, 0.25) is 0 Å². The molecule has 0 aromatic heterocycles. The van der Waals surface area contributed by atoms with Crippen molar-refractivity contribution in [2.45, 2.75) is 11.8 Å². The predicted molar refractivity (Wildman–Crippen MR) is 73.8 cm³/mol. The molecule has 0 atom stereocenters. The van der Waals surface area contributed by atoms with E-state index in [-0.39, 0.29) is 23.3 Å². The third-order valence-corrected chi connectivity index (χ3v) is 4.81. The first kappa shape index (κ1) is 15.0. The van der Waals surface area contributed by atoms with Gasteiger partial charge in [-0.15, -0.1) is 0 Å². The first-order valence-corrected chi connectivity index (χ1v) is 7.96. The number of benzene rings is 1. The summed E-state index contributed by atoms with van der Waals surface area (Å²) >= 11 is 0. The molecule has 2 rings (SSSR count). The van der Waals surface area contributed by atoms with Crippen LogP contribution in [-0.2, 0) is 10.0 Å². The fourth-order valence-corrected chi connectivity index (χ4v) is 3.12. The number of amides is 1. The second-order valence-electron chi connectivity index (χ2n) is 4.78. The van der Waals surface area contributed by atoms with E-state index in [0.29, 0.717) is 25.2 Å². The molecule has 1 aromatic carbocycles. The molecule has 1 heterocycles. The van der Waals surface area contributed by atoms with E-state index >= 15 is 0 Å². The average molecular weight is 298 g/mol. The molecule has 0 bridgehead atoms. The van der Waals surface area contributed by atoms with Gasteiger partial charge in [-0.3, -0.25) is 4.79 Å². The Morgan fingerprint density at radius 2 is 1.95 bits per heavy atom. The number of likely N-dealkylation sites (tertiary alicyclic amines) is 1. The van der Waals surface area contributed by atoms with Crippen LogP contribution >= 0.6 is 0 Å². The Morgan fingerprint density at radius 3 is 2.45 bits per heavy atom. The summed E-state index contributed by atoms with van der Waals surface area (Å²) in [6.45, 7) is 3.21. The average Bonchev–Trinajstić information content (AvgIpc) is 2.37. The maximum atomic E-state index is 12.1. The number of nitrogens with one attached hydrogen (secondary N) is 1. The van der Waals surface area contributed by atoms with Gasteiger partial charge in [0.25, 0.3) is 5.91 Å². The van der Waals surface area contributed by atoms with Crippen molar-refractivity contribution in [3.8, 4) is 0 Å². The predicted octanol–water partition coefficient (Wildman–Crippen LogP) is 0.0491. The van der Waals surface area contributed by atoms with E-state index in [2.05, 4.69) is 4.72 Å². The highest BCUT2D eigenvalue weighted by atomic mass is 32.2. The molecule has 0 unspecified atom stereocenters. The van der Waals surface area contributed by atoms with Crippen molar-refractivity contribution < 1.29 is 18.3 Å². The first-order chi connectivity index (χ1) is 9.47. The van der Waals surface area contributed by atoms with Gasteiger partial charge in [0.1, 0.15) is 0 Å². The van der Waals surface area contributed by atoms with Crippen LogP contribution in [-0.4, -0.2) is 50.6 Å². The van der Waals surface area contributed by atoms with E-state index in [0.717, 1.165) is 0 Å². The molecule has 1 fully saturated rings. The number of hydrogen-bond acceptors (Lipinski definition) is 4. The highest BCUT2D eigenvalue weighted by Gasteiger charge is 2.30. The van der Waals surface area contributed by atoms with E-state index < -0.39 is 10.0 Å². The Bertz CT molecular complexity index is 577. The van der Waals surface area contributed by atoms with Gasteiger partial charge in [-0.1, -0.05) is 6.92 Å². The molecule has 7 heteroatoms. The van der Waals surface area contributed by atoms with Crippen LogP contribution in [0.15, 0.2) is 29.2 Å². The Balaban J connectivity index is 2.07. The number of sulfonamides is 1. The van der Waals surface area contributed by atoms with Gasteiger partial charge >= 0.3 is 0 Å². The van der Waals surface area contributed by atoms with E-state index in [1.54, 1.807) is 11.8 Å². The number of carbonyl (C=O) groups is 1. The largest absolute Gasteiger partial charge is 0.396 e. The van der Waals surface area contributed by atoms with Gasteiger partial charge in [0.2, 0.25) is 10.0 Å². The Kier molecular flexibility index (Phi) is 4.42. The molecule has 0 aliphatic carbocycles. The van der Waals surface area contributed by atoms with Crippen LogP contribution in [0.4, 0.5) is 0 Å². The van der Waals surface area contributed by atoms with Gasteiger partial charge in [-0.25, -0.2) is 13.1 Å². The van der Waals surface area contributed by atoms with Crippen LogP contribution in [0.1, 0.15) is 17.3 Å². The van der Waals surface area contributed by atoms with Gasteiger partial charge in [-0.05, 0) is 24.3 Å². The number of rotatable bonds is 5. The van der Waals surface area contributed by atoms with Crippen molar-refractivity contribution in [3.05, 3.63) is 29.8 Å². The standard InChI is InChI=1S/C13H18N2O4S/c1-2-14-20(18,19)12-5-3-11(4-6-12)13(17)15-7-10(8-15)9-16/h3-6,10,14,16H,2,7-9H2,1H3. The van der Waals surface area contributed by atoms with Crippen LogP contribution in [0.3, 0.4) is 0 Å². The number of nitrogens with zero attached hydrogens (tertiary/aromatic N) is 1. The lowest BCUT2D eigenvalue weighted by Gasteiger charge is -2.38. The van der Waals surface area contributed by atoms with Crippen molar-refractivity contribution in [1.29, 1.82) is 0 Å².